The number of aliphatic hydroxyl groups excluding tert-OH is 1. The molecule has 0 aromatic heterocycles. The molecule has 0 aliphatic heterocycles. The topological polar surface area (TPSA) is 46.2 Å². The Labute approximate surface area is 97.6 Å². The van der Waals surface area contributed by atoms with Crippen molar-refractivity contribution in [2.45, 2.75) is 19.1 Å². The van der Waals surface area contributed by atoms with E-state index in [1.54, 1.807) is 13.0 Å². The highest BCUT2D eigenvalue weighted by atomic mass is 19.4. The van der Waals surface area contributed by atoms with Crippen molar-refractivity contribution in [1.82, 2.24) is 0 Å². The van der Waals surface area contributed by atoms with Gasteiger partial charge in [-0.1, -0.05) is 24.3 Å². The number of alkyl halides is 3. The largest absolute Gasteiger partial charge is 0.416 e. The third-order valence-electron chi connectivity index (χ3n) is 2.33. The minimum Gasteiger partial charge on any atom is -0.392 e. The molecule has 94 valence electrons. The van der Waals surface area contributed by atoms with E-state index in [9.17, 15) is 13.2 Å². The van der Waals surface area contributed by atoms with Gasteiger partial charge in [0.1, 0.15) is 0 Å². The van der Waals surface area contributed by atoms with Gasteiger partial charge < -0.3 is 10.8 Å². The number of aliphatic hydroxyl groups is 1. The van der Waals surface area contributed by atoms with Gasteiger partial charge in [0.25, 0.3) is 0 Å². The normalized spacial score (nSPS) is 14.2. The van der Waals surface area contributed by atoms with E-state index in [2.05, 4.69) is 0 Å². The minimum absolute atomic E-state index is 0.0176. The molecule has 0 aliphatic rings. The molecule has 3 N–H and O–H groups in total. The van der Waals surface area contributed by atoms with Gasteiger partial charge in [0, 0.05) is 6.04 Å². The molecule has 5 heteroatoms. The van der Waals surface area contributed by atoms with Gasteiger partial charge in [-0.2, -0.15) is 13.2 Å². The van der Waals surface area contributed by atoms with Crippen molar-refractivity contribution in [2.24, 2.45) is 5.73 Å². The first-order valence-electron chi connectivity index (χ1n) is 5.11. The molecule has 1 aromatic carbocycles. The number of rotatable bonds is 3. The SMILES string of the molecule is C[C@@H](N)c1cccc(C(F)(F)F)c1/C=C\CO. The molecule has 0 aliphatic carbocycles. The van der Waals surface area contributed by atoms with Crippen molar-refractivity contribution in [3.8, 4) is 0 Å². The van der Waals surface area contributed by atoms with Gasteiger partial charge in [0.05, 0.1) is 12.2 Å². The van der Waals surface area contributed by atoms with Crippen molar-refractivity contribution in [3.05, 3.63) is 41.0 Å². The lowest BCUT2D eigenvalue weighted by atomic mass is 9.96. The first-order valence-corrected chi connectivity index (χ1v) is 5.11. The van der Waals surface area contributed by atoms with Crippen LogP contribution >= 0.6 is 0 Å². The van der Waals surface area contributed by atoms with E-state index in [4.69, 9.17) is 10.8 Å². The van der Waals surface area contributed by atoms with E-state index in [1.807, 2.05) is 0 Å². The fourth-order valence-corrected chi connectivity index (χ4v) is 1.58. The summed E-state index contributed by atoms with van der Waals surface area (Å²) < 4.78 is 38.3. The molecular formula is C12H14F3NO. The van der Waals surface area contributed by atoms with Gasteiger partial charge >= 0.3 is 6.18 Å². The second-order valence-electron chi connectivity index (χ2n) is 3.68. The standard InChI is InChI=1S/C12H14F3NO/c1-8(16)9-4-2-6-11(12(13,14)15)10(9)5-3-7-17/h2-6,8,17H,7,16H2,1H3/b5-3-/t8-/m1/s1. The van der Waals surface area contributed by atoms with Gasteiger partial charge in [0.15, 0.2) is 0 Å². The summed E-state index contributed by atoms with van der Waals surface area (Å²) in [6.45, 7) is 1.30. The van der Waals surface area contributed by atoms with Crippen LogP contribution in [-0.2, 0) is 6.18 Å². The van der Waals surface area contributed by atoms with Gasteiger partial charge in [-0.15, -0.1) is 0 Å². The monoisotopic (exact) mass is 245 g/mol. The zero-order valence-electron chi connectivity index (χ0n) is 9.33. The molecule has 1 aromatic rings. The highest BCUT2D eigenvalue weighted by molar-refractivity contribution is 5.59. The Morgan fingerprint density at radius 3 is 2.53 bits per heavy atom. The van der Waals surface area contributed by atoms with Crippen LogP contribution in [0.25, 0.3) is 6.08 Å². The van der Waals surface area contributed by atoms with Crippen LogP contribution in [0.3, 0.4) is 0 Å². The van der Waals surface area contributed by atoms with Gasteiger partial charge in [-0.05, 0) is 24.1 Å². The molecule has 0 amide bonds. The summed E-state index contributed by atoms with van der Waals surface area (Å²) in [5, 5.41) is 8.65. The Bertz CT molecular complexity index is 411. The van der Waals surface area contributed by atoms with Crippen LogP contribution in [0.5, 0.6) is 0 Å². The number of benzene rings is 1. The molecule has 0 unspecified atom stereocenters. The van der Waals surface area contributed by atoms with E-state index in [0.29, 0.717) is 5.56 Å². The van der Waals surface area contributed by atoms with E-state index < -0.39 is 17.8 Å². The van der Waals surface area contributed by atoms with Crippen LogP contribution in [-0.4, -0.2) is 11.7 Å². The summed E-state index contributed by atoms with van der Waals surface area (Å²) >= 11 is 0. The van der Waals surface area contributed by atoms with Crippen LogP contribution in [0.2, 0.25) is 0 Å². The van der Waals surface area contributed by atoms with Gasteiger partial charge in [0.2, 0.25) is 0 Å². The molecule has 0 spiro atoms. The predicted octanol–water partition coefficient (Wildman–Crippen LogP) is 2.73. The molecule has 0 saturated carbocycles. The van der Waals surface area contributed by atoms with Crippen molar-refractivity contribution in [1.29, 1.82) is 0 Å². The number of hydrogen-bond donors (Lipinski definition) is 2. The zero-order valence-corrected chi connectivity index (χ0v) is 9.33. The average Bonchev–Trinajstić information content (AvgIpc) is 2.24. The first kappa shape index (κ1) is 13.7. The van der Waals surface area contributed by atoms with Crippen LogP contribution in [0.1, 0.15) is 29.7 Å². The zero-order chi connectivity index (χ0) is 13.1. The summed E-state index contributed by atoms with van der Waals surface area (Å²) in [7, 11) is 0. The van der Waals surface area contributed by atoms with Crippen LogP contribution in [0, 0.1) is 0 Å². The van der Waals surface area contributed by atoms with Gasteiger partial charge in [-0.3, -0.25) is 0 Å². The lowest BCUT2D eigenvalue weighted by molar-refractivity contribution is -0.137. The molecule has 0 heterocycles. The van der Waals surface area contributed by atoms with Gasteiger partial charge in [-0.25, -0.2) is 0 Å². The lowest BCUT2D eigenvalue weighted by Crippen LogP contribution is -2.13. The molecule has 0 fully saturated rings. The fourth-order valence-electron chi connectivity index (χ4n) is 1.58. The summed E-state index contributed by atoms with van der Waals surface area (Å²) in [5.74, 6) is 0. The Kier molecular flexibility index (Phi) is 4.31. The molecule has 0 saturated heterocycles. The lowest BCUT2D eigenvalue weighted by Gasteiger charge is -2.16. The molecule has 2 nitrogen and oxygen atoms in total. The van der Waals surface area contributed by atoms with Crippen molar-refractivity contribution in [2.75, 3.05) is 6.61 Å². The minimum atomic E-state index is -4.43. The van der Waals surface area contributed by atoms with Crippen molar-refractivity contribution in [3.63, 3.8) is 0 Å². The van der Waals surface area contributed by atoms with E-state index in [1.165, 1.54) is 18.2 Å². The van der Waals surface area contributed by atoms with E-state index >= 15 is 0 Å². The average molecular weight is 245 g/mol. The Hall–Kier alpha value is -1.33. The Balaban J connectivity index is 3.40. The Morgan fingerprint density at radius 2 is 2.06 bits per heavy atom. The highest BCUT2D eigenvalue weighted by Crippen LogP contribution is 2.35. The Morgan fingerprint density at radius 1 is 1.41 bits per heavy atom. The van der Waals surface area contributed by atoms with Crippen LogP contribution in [0.15, 0.2) is 24.3 Å². The molecular weight excluding hydrogens is 231 g/mol. The molecule has 17 heavy (non-hydrogen) atoms. The maximum Gasteiger partial charge on any atom is 0.416 e. The summed E-state index contributed by atoms with van der Waals surface area (Å²) in [5.41, 5.74) is 5.32. The van der Waals surface area contributed by atoms with Crippen molar-refractivity contribution >= 4 is 6.08 Å². The third-order valence-corrected chi connectivity index (χ3v) is 2.33. The second-order valence-corrected chi connectivity index (χ2v) is 3.68. The first-order chi connectivity index (χ1) is 7.88. The maximum atomic E-state index is 12.8. The molecule has 0 radical (unpaired) electrons. The molecule has 1 rings (SSSR count). The molecule has 0 bridgehead atoms. The third kappa shape index (κ3) is 3.31. The van der Waals surface area contributed by atoms with E-state index in [0.717, 1.165) is 6.07 Å². The van der Waals surface area contributed by atoms with Crippen molar-refractivity contribution < 1.29 is 18.3 Å². The van der Waals surface area contributed by atoms with Crippen LogP contribution in [0.4, 0.5) is 13.2 Å². The summed E-state index contributed by atoms with van der Waals surface area (Å²) in [6, 6.07) is 3.38. The smallest absolute Gasteiger partial charge is 0.392 e. The fraction of sp³-hybridized carbons (Fsp3) is 0.333. The quantitative estimate of drug-likeness (QED) is 0.860. The van der Waals surface area contributed by atoms with Crippen LogP contribution < -0.4 is 5.73 Å². The number of nitrogens with two attached hydrogens (primary N) is 1. The summed E-state index contributed by atoms with van der Waals surface area (Å²) in [6.07, 6.45) is -1.92. The van der Waals surface area contributed by atoms with E-state index in [-0.39, 0.29) is 12.2 Å². The predicted molar refractivity (Wildman–Crippen MR) is 60.2 cm³/mol. The number of halogens is 3. The number of hydrogen-bond acceptors (Lipinski definition) is 2. The molecule has 1 atom stereocenters. The maximum absolute atomic E-state index is 12.8. The second kappa shape index (κ2) is 5.33. The highest BCUT2D eigenvalue weighted by Gasteiger charge is 2.33. The summed E-state index contributed by atoms with van der Waals surface area (Å²) in [4.78, 5) is 0.